The number of rotatable bonds is 2. The molecule has 0 spiro atoms. The summed E-state index contributed by atoms with van der Waals surface area (Å²) in [6.45, 7) is 6.25. The summed E-state index contributed by atoms with van der Waals surface area (Å²) < 4.78 is 5.53. The summed E-state index contributed by atoms with van der Waals surface area (Å²) in [6.07, 6.45) is 2.94. The Labute approximate surface area is 63.0 Å². The van der Waals surface area contributed by atoms with E-state index in [4.69, 9.17) is 4.74 Å². The number of nitrogens with one attached hydrogen (secondary N) is 1. The molecule has 0 amide bonds. The van der Waals surface area contributed by atoms with E-state index in [0.29, 0.717) is 12.1 Å². The van der Waals surface area contributed by atoms with Crippen molar-refractivity contribution in [3.63, 3.8) is 0 Å². The molecule has 1 fully saturated rings. The van der Waals surface area contributed by atoms with E-state index in [1.165, 1.54) is 12.8 Å². The molecule has 1 aliphatic rings. The van der Waals surface area contributed by atoms with Crippen LogP contribution < -0.4 is 5.32 Å². The van der Waals surface area contributed by atoms with Crippen LogP contribution in [0, 0.1) is 0 Å². The molecule has 1 heterocycles. The van der Waals surface area contributed by atoms with Crippen molar-refractivity contribution in [3.05, 3.63) is 0 Å². The number of ether oxygens (including phenoxy) is 1. The first-order valence-corrected chi connectivity index (χ1v) is 4.19. The number of hydrogen-bond acceptors (Lipinski definition) is 2. The van der Waals surface area contributed by atoms with Crippen LogP contribution in [-0.2, 0) is 4.74 Å². The van der Waals surface area contributed by atoms with Crippen LogP contribution in [0.5, 0.6) is 0 Å². The van der Waals surface area contributed by atoms with Crippen LogP contribution in [0.2, 0.25) is 0 Å². The van der Waals surface area contributed by atoms with Gasteiger partial charge in [-0.2, -0.15) is 0 Å². The molecule has 1 saturated heterocycles. The molecule has 10 heavy (non-hydrogen) atoms. The molecule has 0 aromatic carbocycles. The van der Waals surface area contributed by atoms with E-state index in [9.17, 15) is 0 Å². The van der Waals surface area contributed by atoms with Crippen LogP contribution in [0.4, 0.5) is 0 Å². The summed E-state index contributed by atoms with van der Waals surface area (Å²) in [5, 5.41) is 3.39. The fourth-order valence-corrected chi connectivity index (χ4v) is 1.46. The summed E-state index contributed by atoms with van der Waals surface area (Å²) >= 11 is 0. The standard InChI is InChI=1S/C8H17NO/c1-3-10-8-5-4-6-9-7(8)2/h7-9H,3-6H2,1-2H3. The molecule has 1 aliphatic heterocycles. The molecule has 0 aromatic rings. The first-order chi connectivity index (χ1) is 4.84. The fraction of sp³-hybridized carbons (Fsp3) is 1.00. The van der Waals surface area contributed by atoms with E-state index in [1.54, 1.807) is 0 Å². The van der Waals surface area contributed by atoms with Gasteiger partial charge in [-0.25, -0.2) is 0 Å². The minimum atomic E-state index is 0.457. The van der Waals surface area contributed by atoms with Crippen molar-refractivity contribution in [3.8, 4) is 0 Å². The van der Waals surface area contributed by atoms with Gasteiger partial charge < -0.3 is 10.1 Å². The van der Waals surface area contributed by atoms with Gasteiger partial charge in [0.05, 0.1) is 6.10 Å². The van der Waals surface area contributed by atoms with E-state index >= 15 is 0 Å². The molecule has 0 aliphatic carbocycles. The van der Waals surface area contributed by atoms with Crippen molar-refractivity contribution < 1.29 is 4.74 Å². The lowest BCUT2D eigenvalue weighted by atomic mass is 10.0. The first-order valence-electron chi connectivity index (χ1n) is 4.19. The van der Waals surface area contributed by atoms with Crippen molar-refractivity contribution in [2.75, 3.05) is 13.2 Å². The third-order valence-electron chi connectivity index (χ3n) is 2.07. The average Bonchev–Trinajstić information content (AvgIpc) is 1.94. The lowest BCUT2D eigenvalue weighted by molar-refractivity contribution is 0.0202. The Morgan fingerprint density at radius 1 is 1.60 bits per heavy atom. The van der Waals surface area contributed by atoms with E-state index in [-0.39, 0.29) is 0 Å². The van der Waals surface area contributed by atoms with Crippen LogP contribution in [0.3, 0.4) is 0 Å². The van der Waals surface area contributed by atoms with Crippen LogP contribution in [-0.4, -0.2) is 25.3 Å². The molecular weight excluding hydrogens is 126 g/mol. The Morgan fingerprint density at radius 2 is 2.40 bits per heavy atom. The molecule has 0 saturated carbocycles. The lowest BCUT2D eigenvalue weighted by Crippen LogP contribution is -2.43. The molecule has 1 N–H and O–H groups in total. The van der Waals surface area contributed by atoms with Gasteiger partial charge in [-0.3, -0.25) is 0 Å². The lowest BCUT2D eigenvalue weighted by Gasteiger charge is -2.29. The van der Waals surface area contributed by atoms with E-state index in [0.717, 1.165) is 13.2 Å². The van der Waals surface area contributed by atoms with Gasteiger partial charge in [0.25, 0.3) is 0 Å². The Bertz CT molecular complexity index is 93.3. The highest BCUT2D eigenvalue weighted by Crippen LogP contribution is 2.11. The summed E-state index contributed by atoms with van der Waals surface area (Å²) in [5.41, 5.74) is 0. The normalized spacial score (nSPS) is 34.2. The van der Waals surface area contributed by atoms with Gasteiger partial charge in [-0.05, 0) is 33.2 Å². The van der Waals surface area contributed by atoms with Gasteiger partial charge in [-0.1, -0.05) is 0 Å². The second-order valence-corrected chi connectivity index (χ2v) is 2.88. The zero-order valence-electron chi connectivity index (χ0n) is 6.89. The fourth-order valence-electron chi connectivity index (χ4n) is 1.46. The summed E-state index contributed by atoms with van der Waals surface area (Å²) in [7, 11) is 0. The zero-order chi connectivity index (χ0) is 7.40. The Kier molecular flexibility index (Phi) is 3.16. The van der Waals surface area contributed by atoms with Gasteiger partial charge in [0.15, 0.2) is 0 Å². The van der Waals surface area contributed by atoms with Gasteiger partial charge in [0.1, 0.15) is 0 Å². The highest BCUT2D eigenvalue weighted by molar-refractivity contribution is 4.77. The summed E-state index contributed by atoms with van der Waals surface area (Å²) in [5.74, 6) is 0. The van der Waals surface area contributed by atoms with Gasteiger partial charge >= 0.3 is 0 Å². The van der Waals surface area contributed by atoms with Gasteiger partial charge in [0, 0.05) is 12.6 Å². The summed E-state index contributed by atoms with van der Waals surface area (Å²) in [4.78, 5) is 0. The van der Waals surface area contributed by atoms with Crippen LogP contribution in [0.1, 0.15) is 26.7 Å². The molecule has 1 rings (SSSR count). The third-order valence-corrected chi connectivity index (χ3v) is 2.07. The van der Waals surface area contributed by atoms with E-state index < -0.39 is 0 Å². The summed E-state index contributed by atoms with van der Waals surface area (Å²) in [6, 6.07) is 0.550. The number of hydrogen-bond donors (Lipinski definition) is 1. The Morgan fingerprint density at radius 3 is 3.00 bits per heavy atom. The van der Waals surface area contributed by atoms with Crippen molar-refractivity contribution >= 4 is 0 Å². The smallest absolute Gasteiger partial charge is 0.0725 e. The quantitative estimate of drug-likeness (QED) is 0.626. The molecule has 2 unspecified atom stereocenters. The minimum absolute atomic E-state index is 0.457. The maximum Gasteiger partial charge on any atom is 0.0725 e. The monoisotopic (exact) mass is 143 g/mol. The highest BCUT2D eigenvalue weighted by Gasteiger charge is 2.19. The predicted octanol–water partition coefficient (Wildman–Crippen LogP) is 1.16. The predicted molar refractivity (Wildman–Crippen MR) is 42.1 cm³/mol. The Balaban J connectivity index is 2.25. The molecular formula is C8H17NO. The number of piperidine rings is 1. The molecule has 0 aromatic heterocycles. The molecule has 2 nitrogen and oxygen atoms in total. The largest absolute Gasteiger partial charge is 0.377 e. The molecule has 0 radical (unpaired) electrons. The molecule has 2 heteroatoms. The van der Waals surface area contributed by atoms with Gasteiger partial charge in [-0.15, -0.1) is 0 Å². The first kappa shape index (κ1) is 8.02. The maximum atomic E-state index is 5.53. The molecule has 60 valence electrons. The van der Waals surface area contributed by atoms with E-state index in [2.05, 4.69) is 19.2 Å². The van der Waals surface area contributed by atoms with E-state index in [1.807, 2.05) is 0 Å². The topological polar surface area (TPSA) is 21.3 Å². The SMILES string of the molecule is CCOC1CCCNC1C. The van der Waals surface area contributed by atoms with Crippen LogP contribution in [0.15, 0.2) is 0 Å². The minimum Gasteiger partial charge on any atom is -0.377 e. The average molecular weight is 143 g/mol. The van der Waals surface area contributed by atoms with Crippen LogP contribution >= 0.6 is 0 Å². The third kappa shape index (κ3) is 1.96. The Hall–Kier alpha value is -0.0800. The molecule has 0 bridgehead atoms. The van der Waals surface area contributed by atoms with Gasteiger partial charge in [0.2, 0.25) is 0 Å². The molecule has 2 atom stereocenters. The van der Waals surface area contributed by atoms with Crippen LogP contribution in [0.25, 0.3) is 0 Å². The van der Waals surface area contributed by atoms with Crippen molar-refractivity contribution in [2.45, 2.75) is 38.8 Å². The van der Waals surface area contributed by atoms with Crippen molar-refractivity contribution in [2.24, 2.45) is 0 Å². The zero-order valence-corrected chi connectivity index (χ0v) is 6.89. The second-order valence-electron chi connectivity index (χ2n) is 2.88. The van der Waals surface area contributed by atoms with Crippen molar-refractivity contribution in [1.82, 2.24) is 5.32 Å². The van der Waals surface area contributed by atoms with Crippen molar-refractivity contribution in [1.29, 1.82) is 0 Å². The second kappa shape index (κ2) is 3.94. The maximum absolute atomic E-state index is 5.53. The highest BCUT2D eigenvalue weighted by atomic mass is 16.5.